The predicted octanol–water partition coefficient (Wildman–Crippen LogP) is 2.55. The quantitative estimate of drug-likeness (QED) is 0.761. The first-order chi connectivity index (χ1) is 8.50. The summed E-state index contributed by atoms with van der Waals surface area (Å²) in [6, 6.07) is 5.93. The van der Waals surface area contributed by atoms with Gasteiger partial charge in [0.05, 0.1) is 5.56 Å². The fourth-order valence-electron chi connectivity index (χ4n) is 1.58. The van der Waals surface area contributed by atoms with Crippen molar-refractivity contribution in [2.45, 2.75) is 26.7 Å². The minimum atomic E-state index is -0.987. The van der Waals surface area contributed by atoms with Gasteiger partial charge in [0.25, 0.3) is 5.91 Å². The maximum absolute atomic E-state index is 11.7. The molecule has 0 spiro atoms. The van der Waals surface area contributed by atoms with E-state index in [1.54, 1.807) is 0 Å². The highest BCUT2D eigenvalue weighted by atomic mass is 16.4. The lowest BCUT2D eigenvalue weighted by atomic mass is 10.1. The van der Waals surface area contributed by atoms with Gasteiger partial charge in [-0.3, -0.25) is 4.79 Å². The van der Waals surface area contributed by atoms with Crippen molar-refractivity contribution < 1.29 is 14.7 Å². The van der Waals surface area contributed by atoms with Crippen LogP contribution in [-0.4, -0.2) is 23.5 Å². The van der Waals surface area contributed by atoms with Crippen molar-refractivity contribution in [3.05, 3.63) is 35.4 Å². The smallest absolute Gasteiger partial charge is 0.335 e. The second kappa shape index (κ2) is 6.79. The summed E-state index contributed by atoms with van der Waals surface area (Å²) < 4.78 is 0. The zero-order valence-electron chi connectivity index (χ0n) is 10.8. The van der Waals surface area contributed by atoms with E-state index in [1.165, 1.54) is 24.3 Å². The first kappa shape index (κ1) is 14.2. The minimum Gasteiger partial charge on any atom is -0.478 e. The predicted molar refractivity (Wildman–Crippen MR) is 69.8 cm³/mol. The number of amides is 1. The van der Waals surface area contributed by atoms with E-state index in [1.807, 2.05) is 0 Å². The van der Waals surface area contributed by atoms with Crippen molar-refractivity contribution in [3.63, 3.8) is 0 Å². The lowest BCUT2D eigenvalue weighted by Crippen LogP contribution is -2.24. The lowest BCUT2D eigenvalue weighted by Gasteiger charge is -2.07. The Labute approximate surface area is 107 Å². The van der Waals surface area contributed by atoms with E-state index in [9.17, 15) is 9.59 Å². The number of carbonyl (C=O) groups is 2. The first-order valence-corrected chi connectivity index (χ1v) is 6.12. The van der Waals surface area contributed by atoms with Gasteiger partial charge >= 0.3 is 5.97 Å². The summed E-state index contributed by atoms with van der Waals surface area (Å²) in [7, 11) is 0. The van der Waals surface area contributed by atoms with Crippen molar-refractivity contribution in [3.8, 4) is 0 Å². The number of aromatic carboxylic acids is 1. The van der Waals surface area contributed by atoms with Crippen LogP contribution in [0.2, 0.25) is 0 Å². The van der Waals surface area contributed by atoms with Crippen LogP contribution in [-0.2, 0) is 0 Å². The molecule has 98 valence electrons. The Morgan fingerprint density at radius 1 is 1.17 bits per heavy atom. The molecule has 0 saturated heterocycles. The second-order valence-corrected chi connectivity index (χ2v) is 4.67. The molecular weight excluding hydrogens is 230 g/mol. The molecule has 0 aliphatic rings. The summed E-state index contributed by atoms with van der Waals surface area (Å²) in [5.74, 6) is -0.508. The normalized spacial score (nSPS) is 10.4. The van der Waals surface area contributed by atoms with Gasteiger partial charge in [0.15, 0.2) is 0 Å². The van der Waals surface area contributed by atoms with Crippen molar-refractivity contribution in [1.82, 2.24) is 5.32 Å². The van der Waals surface area contributed by atoms with E-state index in [4.69, 9.17) is 5.11 Å². The van der Waals surface area contributed by atoms with Gasteiger partial charge in [0.1, 0.15) is 0 Å². The van der Waals surface area contributed by atoms with E-state index in [0.717, 1.165) is 12.8 Å². The lowest BCUT2D eigenvalue weighted by molar-refractivity contribution is 0.0696. The van der Waals surface area contributed by atoms with Gasteiger partial charge in [-0.15, -0.1) is 0 Å². The average molecular weight is 249 g/mol. The number of rotatable bonds is 6. The number of hydrogen-bond donors (Lipinski definition) is 2. The molecule has 0 unspecified atom stereocenters. The van der Waals surface area contributed by atoms with Crippen LogP contribution in [0.5, 0.6) is 0 Å². The standard InChI is InChI=1S/C14H19NO3/c1-10(2)4-3-9-15-13(16)11-5-7-12(8-6-11)14(17)18/h5-8,10H,3-4,9H2,1-2H3,(H,15,16)(H,17,18). The molecule has 18 heavy (non-hydrogen) atoms. The molecule has 1 rings (SSSR count). The molecule has 1 aromatic carbocycles. The summed E-state index contributed by atoms with van der Waals surface area (Å²) >= 11 is 0. The Bertz CT molecular complexity index is 410. The molecule has 0 aliphatic heterocycles. The first-order valence-electron chi connectivity index (χ1n) is 6.12. The second-order valence-electron chi connectivity index (χ2n) is 4.67. The SMILES string of the molecule is CC(C)CCCNC(=O)c1ccc(C(=O)O)cc1. The maximum Gasteiger partial charge on any atom is 0.335 e. The van der Waals surface area contributed by atoms with Crippen LogP contribution in [0.4, 0.5) is 0 Å². The third-order valence-corrected chi connectivity index (χ3v) is 2.64. The monoisotopic (exact) mass is 249 g/mol. The molecule has 1 amide bonds. The molecule has 0 aromatic heterocycles. The van der Waals surface area contributed by atoms with E-state index in [-0.39, 0.29) is 11.5 Å². The zero-order valence-corrected chi connectivity index (χ0v) is 10.8. The van der Waals surface area contributed by atoms with Gasteiger partial charge in [-0.25, -0.2) is 4.79 Å². The molecule has 0 aliphatic carbocycles. The molecular formula is C14H19NO3. The topological polar surface area (TPSA) is 66.4 Å². The molecule has 0 heterocycles. The Morgan fingerprint density at radius 2 is 1.72 bits per heavy atom. The minimum absolute atomic E-state index is 0.157. The summed E-state index contributed by atoms with van der Waals surface area (Å²) in [6.07, 6.45) is 2.04. The van der Waals surface area contributed by atoms with Crippen molar-refractivity contribution in [2.24, 2.45) is 5.92 Å². The number of carboxylic acid groups (broad SMARTS) is 1. The maximum atomic E-state index is 11.7. The molecule has 0 radical (unpaired) electrons. The van der Waals surface area contributed by atoms with Crippen molar-refractivity contribution in [1.29, 1.82) is 0 Å². The highest BCUT2D eigenvalue weighted by Gasteiger charge is 2.07. The van der Waals surface area contributed by atoms with Gasteiger partial charge in [-0.2, -0.15) is 0 Å². The number of carboxylic acids is 1. The highest BCUT2D eigenvalue weighted by molar-refractivity contribution is 5.95. The molecule has 1 aromatic rings. The van der Waals surface area contributed by atoms with E-state index >= 15 is 0 Å². The Morgan fingerprint density at radius 3 is 2.22 bits per heavy atom. The average Bonchev–Trinajstić information content (AvgIpc) is 2.34. The number of carbonyl (C=O) groups excluding carboxylic acids is 1. The van der Waals surface area contributed by atoms with Crippen LogP contribution in [0, 0.1) is 5.92 Å². The van der Waals surface area contributed by atoms with Crippen LogP contribution < -0.4 is 5.32 Å². The van der Waals surface area contributed by atoms with Gasteiger partial charge in [-0.05, 0) is 43.0 Å². The molecule has 0 fully saturated rings. The summed E-state index contributed by atoms with van der Waals surface area (Å²) in [5.41, 5.74) is 0.677. The number of benzene rings is 1. The fourth-order valence-corrected chi connectivity index (χ4v) is 1.58. The van der Waals surface area contributed by atoms with Crippen LogP contribution in [0.15, 0.2) is 24.3 Å². The van der Waals surface area contributed by atoms with Crippen molar-refractivity contribution >= 4 is 11.9 Å². The molecule has 4 heteroatoms. The molecule has 0 saturated carbocycles. The van der Waals surface area contributed by atoms with Gasteiger partial charge in [-0.1, -0.05) is 13.8 Å². The molecule has 0 atom stereocenters. The van der Waals surface area contributed by atoms with E-state index in [2.05, 4.69) is 19.2 Å². The Kier molecular flexibility index (Phi) is 5.36. The largest absolute Gasteiger partial charge is 0.478 e. The van der Waals surface area contributed by atoms with Crippen LogP contribution in [0.3, 0.4) is 0 Å². The molecule has 4 nitrogen and oxygen atoms in total. The van der Waals surface area contributed by atoms with E-state index in [0.29, 0.717) is 18.0 Å². The van der Waals surface area contributed by atoms with E-state index < -0.39 is 5.97 Å². The van der Waals surface area contributed by atoms with Gasteiger partial charge in [0, 0.05) is 12.1 Å². The number of hydrogen-bond acceptors (Lipinski definition) is 2. The Hall–Kier alpha value is -1.84. The zero-order chi connectivity index (χ0) is 13.5. The fraction of sp³-hybridized carbons (Fsp3) is 0.429. The van der Waals surface area contributed by atoms with Crippen molar-refractivity contribution in [2.75, 3.05) is 6.54 Å². The third-order valence-electron chi connectivity index (χ3n) is 2.64. The summed E-state index contributed by atoms with van der Waals surface area (Å²) in [4.78, 5) is 22.4. The van der Waals surface area contributed by atoms with Crippen LogP contribution in [0.25, 0.3) is 0 Å². The van der Waals surface area contributed by atoms with Gasteiger partial charge in [0.2, 0.25) is 0 Å². The highest BCUT2D eigenvalue weighted by Crippen LogP contribution is 2.05. The van der Waals surface area contributed by atoms with Crippen LogP contribution >= 0.6 is 0 Å². The third kappa shape index (κ3) is 4.57. The Balaban J connectivity index is 2.44. The molecule has 2 N–H and O–H groups in total. The van der Waals surface area contributed by atoms with Crippen LogP contribution in [0.1, 0.15) is 47.4 Å². The van der Waals surface area contributed by atoms with Gasteiger partial charge < -0.3 is 10.4 Å². The molecule has 0 bridgehead atoms. The summed E-state index contributed by atoms with van der Waals surface area (Å²) in [5, 5.41) is 11.6. The summed E-state index contributed by atoms with van der Waals surface area (Å²) in [6.45, 7) is 4.94. The number of nitrogens with one attached hydrogen (secondary N) is 1.